The van der Waals surface area contributed by atoms with Crippen LogP contribution in [0.5, 0.6) is 0 Å². The van der Waals surface area contributed by atoms with E-state index in [1.54, 1.807) is 0 Å². The van der Waals surface area contributed by atoms with Crippen molar-refractivity contribution < 1.29 is 4.79 Å². The van der Waals surface area contributed by atoms with Crippen molar-refractivity contribution in [2.45, 2.75) is 20.8 Å². The van der Waals surface area contributed by atoms with Gasteiger partial charge in [-0.25, -0.2) is 0 Å². The summed E-state index contributed by atoms with van der Waals surface area (Å²) < 4.78 is 0. The van der Waals surface area contributed by atoms with Crippen molar-refractivity contribution in [1.82, 2.24) is 9.88 Å². The van der Waals surface area contributed by atoms with Gasteiger partial charge in [0.1, 0.15) is 0 Å². The summed E-state index contributed by atoms with van der Waals surface area (Å²) in [6.07, 6.45) is 0. The fraction of sp³-hybridized carbons (Fsp3) is 0.304. The predicted molar refractivity (Wildman–Crippen MR) is 111 cm³/mol. The van der Waals surface area contributed by atoms with Crippen molar-refractivity contribution >= 4 is 22.5 Å². The van der Waals surface area contributed by atoms with Crippen LogP contribution in [-0.2, 0) is 0 Å². The number of benzene rings is 2. The number of rotatable bonds is 2. The summed E-state index contributed by atoms with van der Waals surface area (Å²) in [6, 6.07) is 16.7. The molecule has 27 heavy (non-hydrogen) atoms. The van der Waals surface area contributed by atoms with E-state index in [0.29, 0.717) is 0 Å². The molecule has 1 aliphatic heterocycles. The fourth-order valence-corrected chi connectivity index (χ4v) is 3.77. The van der Waals surface area contributed by atoms with Crippen LogP contribution in [0.2, 0.25) is 0 Å². The second-order valence-electron chi connectivity index (χ2n) is 7.44. The second-order valence-corrected chi connectivity index (χ2v) is 7.44. The van der Waals surface area contributed by atoms with E-state index in [9.17, 15) is 4.79 Å². The summed E-state index contributed by atoms with van der Waals surface area (Å²) in [7, 11) is 0. The lowest BCUT2D eigenvalue weighted by atomic mass is 10.1. The molecule has 1 amide bonds. The van der Waals surface area contributed by atoms with Crippen LogP contribution in [-0.4, -0.2) is 42.0 Å². The lowest BCUT2D eigenvalue weighted by Gasteiger charge is -2.36. The smallest absolute Gasteiger partial charge is 0.255 e. The van der Waals surface area contributed by atoms with Crippen molar-refractivity contribution in [2.24, 2.45) is 0 Å². The zero-order chi connectivity index (χ0) is 19.0. The van der Waals surface area contributed by atoms with Gasteiger partial charge >= 0.3 is 0 Å². The van der Waals surface area contributed by atoms with Crippen LogP contribution < -0.4 is 4.90 Å². The molecule has 0 atom stereocenters. The van der Waals surface area contributed by atoms with Crippen LogP contribution >= 0.6 is 0 Å². The molecule has 4 heteroatoms. The average molecular weight is 359 g/mol. The number of amides is 1. The number of pyridine rings is 1. The number of carbonyl (C=O) groups is 1. The maximum Gasteiger partial charge on any atom is 0.255 e. The Morgan fingerprint density at radius 1 is 0.889 bits per heavy atom. The van der Waals surface area contributed by atoms with Crippen molar-refractivity contribution in [3.05, 3.63) is 70.9 Å². The van der Waals surface area contributed by atoms with Crippen molar-refractivity contribution in [1.29, 1.82) is 0 Å². The summed E-state index contributed by atoms with van der Waals surface area (Å²) in [4.78, 5) is 22.1. The lowest BCUT2D eigenvalue weighted by Crippen LogP contribution is -2.49. The summed E-state index contributed by atoms with van der Waals surface area (Å²) in [5.74, 6) is 0.0901. The number of hydrogen-bond acceptors (Lipinski definition) is 3. The standard InChI is InChI=1S/C23H25N3O/c1-16-5-4-6-20(14-16)25-9-11-26(12-10-25)23(27)21-15-19-13-17(2)7-8-22(19)24-18(21)3/h4-8,13-15H,9-12H2,1-3H3. The van der Waals surface area contributed by atoms with E-state index in [2.05, 4.69) is 60.1 Å². The van der Waals surface area contributed by atoms with Gasteiger partial charge in [0.15, 0.2) is 0 Å². The average Bonchev–Trinajstić information content (AvgIpc) is 2.67. The Morgan fingerprint density at radius 3 is 2.37 bits per heavy atom. The highest BCUT2D eigenvalue weighted by Crippen LogP contribution is 2.22. The largest absolute Gasteiger partial charge is 0.368 e. The van der Waals surface area contributed by atoms with Gasteiger partial charge in [0.2, 0.25) is 0 Å². The molecule has 0 N–H and O–H groups in total. The van der Waals surface area contributed by atoms with Gasteiger partial charge in [0.25, 0.3) is 5.91 Å². The Morgan fingerprint density at radius 2 is 1.63 bits per heavy atom. The van der Waals surface area contributed by atoms with Gasteiger partial charge in [-0.15, -0.1) is 0 Å². The third kappa shape index (κ3) is 3.52. The van der Waals surface area contributed by atoms with Crippen molar-refractivity contribution in [2.75, 3.05) is 31.1 Å². The van der Waals surface area contributed by atoms with E-state index < -0.39 is 0 Å². The Labute approximate surface area is 160 Å². The summed E-state index contributed by atoms with van der Waals surface area (Å²) >= 11 is 0. The molecule has 3 aromatic rings. The number of anilines is 1. The SMILES string of the molecule is Cc1cccc(N2CCN(C(=O)c3cc4cc(C)ccc4nc3C)CC2)c1. The van der Waals surface area contributed by atoms with E-state index in [1.807, 2.05) is 24.0 Å². The third-order valence-corrected chi connectivity index (χ3v) is 5.32. The molecular formula is C23H25N3O. The van der Waals surface area contributed by atoms with E-state index in [1.165, 1.54) is 16.8 Å². The van der Waals surface area contributed by atoms with Crippen LogP contribution in [0.25, 0.3) is 10.9 Å². The molecule has 0 unspecified atom stereocenters. The molecule has 1 fully saturated rings. The number of carbonyl (C=O) groups excluding carboxylic acids is 1. The minimum Gasteiger partial charge on any atom is -0.368 e. The molecule has 2 heterocycles. The van der Waals surface area contributed by atoms with Crippen molar-refractivity contribution in [3.63, 3.8) is 0 Å². The normalized spacial score (nSPS) is 14.6. The molecule has 2 aromatic carbocycles. The Bertz CT molecular complexity index is 1000. The summed E-state index contributed by atoms with van der Waals surface area (Å²) in [5, 5.41) is 1.03. The van der Waals surface area contributed by atoms with Crippen LogP contribution in [0.1, 0.15) is 27.2 Å². The minimum absolute atomic E-state index is 0.0901. The highest BCUT2D eigenvalue weighted by Gasteiger charge is 2.24. The third-order valence-electron chi connectivity index (χ3n) is 5.32. The molecule has 0 spiro atoms. The van der Waals surface area contributed by atoms with Gasteiger partial charge in [-0.1, -0.05) is 23.8 Å². The first-order chi connectivity index (χ1) is 13.0. The van der Waals surface area contributed by atoms with E-state index >= 15 is 0 Å². The first-order valence-corrected chi connectivity index (χ1v) is 9.50. The first-order valence-electron chi connectivity index (χ1n) is 9.50. The van der Waals surface area contributed by atoms with Gasteiger partial charge in [0.05, 0.1) is 16.8 Å². The zero-order valence-corrected chi connectivity index (χ0v) is 16.2. The highest BCUT2D eigenvalue weighted by molar-refractivity contribution is 5.98. The van der Waals surface area contributed by atoms with Gasteiger partial charge in [-0.3, -0.25) is 9.78 Å². The van der Waals surface area contributed by atoms with Crippen LogP contribution in [0.3, 0.4) is 0 Å². The lowest BCUT2D eigenvalue weighted by molar-refractivity contribution is 0.0745. The molecule has 138 valence electrons. The number of fused-ring (bicyclic) bond motifs is 1. The molecule has 4 rings (SSSR count). The zero-order valence-electron chi connectivity index (χ0n) is 16.2. The number of aryl methyl sites for hydroxylation is 3. The Kier molecular flexibility index (Phi) is 4.56. The highest BCUT2D eigenvalue weighted by atomic mass is 16.2. The molecule has 0 bridgehead atoms. The monoisotopic (exact) mass is 359 g/mol. The molecule has 0 saturated carbocycles. The number of nitrogens with zero attached hydrogens (tertiary/aromatic N) is 3. The van der Waals surface area contributed by atoms with E-state index in [4.69, 9.17) is 0 Å². The number of aromatic nitrogens is 1. The number of hydrogen-bond donors (Lipinski definition) is 0. The van der Waals surface area contributed by atoms with E-state index in [0.717, 1.165) is 48.3 Å². The van der Waals surface area contributed by atoms with Gasteiger partial charge < -0.3 is 9.80 Å². The van der Waals surface area contributed by atoms with Crippen LogP contribution in [0.15, 0.2) is 48.5 Å². The molecule has 0 radical (unpaired) electrons. The quantitative estimate of drug-likeness (QED) is 0.690. The Hall–Kier alpha value is -2.88. The molecule has 1 aromatic heterocycles. The van der Waals surface area contributed by atoms with Gasteiger partial charge in [-0.05, 0) is 56.7 Å². The summed E-state index contributed by atoms with van der Waals surface area (Å²) in [5.41, 5.74) is 6.15. The Balaban J connectivity index is 1.52. The van der Waals surface area contributed by atoms with Crippen molar-refractivity contribution in [3.8, 4) is 0 Å². The maximum absolute atomic E-state index is 13.1. The first kappa shape index (κ1) is 17.5. The van der Waals surface area contributed by atoms with Crippen LogP contribution in [0, 0.1) is 20.8 Å². The molecule has 4 nitrogen and oxygen atoms in total. The van der Waals surface area contributed by atoms with Gasteiger partial charge in [0, 0.05) is 37.3 Å². The molecule has 1 aliphatic rings. The minimum atomic E-state index is 0.0901. The van der Waals surface area contributed by atoms with Crippen LogP contribution in [0.4, 0.5) is 5.69 Å². The summed E-state index contributed by atoms with van der Waals surface area (Å²) in [6.45, 7) is 9.28. The molecule has 0 aliphatic carbocycles. The van der Waals surface area contributed by atoms with Gasteiger partial charge in [-0.2, -0.15) is 0 Å². The topological polar surface area (TPSA) is 36.4 Å². The second kappa shape index (κ2) is 7.03. The fourth-order valence-electron chi connectivity index (χ4n) is 3.77. The molecular weight excluding hydrogens is 334 g/mol. The maximum atomic E-state index is 13.1. The predicted octanol–water partition coefficient (Wildman–Crippen LogP) is 4.12. The van der Waals surface area contributed by atoms with E-state index in [-0.39, 0.29) is 5.91 Å². The number of piperazine rings is 1. The molecule has 1 saturated heterocycles.